The van der Waals surface area contributed by atoms with E-state index in [1.807, 2.05) is 24.0 Å². The van der Waals surface area contributed by atoms with Crippen molar-refractivity contribution < 1.29 is 4.74 Å². The summed E-state index contributed by atoms with van der Waals surface area (Å²) in [6.45, 7) is 4.20. The molecule has 1 atom stereocenters. The second-order valence-electron chi connectivity index (χ2n) is 6.54. The number of rotatable bonds is 6. The van der Waals surface area contributed by atoms with Crippen molar-refractivity contribution in [1.29, 1.82) is 0 Å². The maximum atomic E-state index is 5.45. The molecule has 1 aliphatic heterocycles. The quantitative estimate of drug-likeness (QED) is 0.402. The topological polar surface area (TPSA) is 54.7 Å². The van der Waals surface area contributed by atoms with Gasteiger partial charge in [0, 0.05) is 51.5 Å². The number of nitrogens with one attached hydrogen (secondary N) is 1. The van der Waals surface area contributed by atoms with Gasteiger partial charge in [-0.15, -0.1) is 24.0 Å². The maximum absolute atomic E-state index is 5.45. The fraction of sp³-hybridized carbons (Fsp3) is 0.474. The first-order valence-corrected chi connectivity index (χ1v) is 8.79. The van der Waals surface area contributed by atoms with E-state index in [9.17, 15) is 0 Å². The number of hydrogen-bond donors (Lipinski definition) is 1. The molecule has 142 valence electrons. The third-order valence-electron chi connectivity index (χ3n) is 4.45. The van der Waals surface area contributed by atoms with Gasteiger partial charge in [0.1, 0.15) is 0 Å². The van der Waals surface area contributed by atoms with Gasteiger partial charge in [-0.3, -0.25) is 9.67 Å². The van der Waals surface area contributed by atoms with Gasteiger partial charge in [0.05, 0.1) is 19.3 Å². The highest BCUT2D eigenvalue weighted by atomic mass is 127. The van der Waals surface area contributed by atoms with Crippen molar-refractivity contribution in [3.63, 3.8) is 0 Å². The number of aromatic nitrogens is 2. The molecule has 1 aromatic carbocycles. The van der Waals surface area contributed by atoms with Crippen molar-refractivity contribution in [2.45, 2.75) is 19.5 Å². The van der Waals surface area contributed by atoms with Gasteiger partial charge in [0.25, 0.3) is 0 Å². The van der Waals surface area contributed by atoms with Crippen molar-refractivity contribution in [3.8, 4) is 0 Å². The number of ether oxygens (including phenoxy) is 1. The zero-order valence-corrected chi connectivity index (χ0v) is 17.8. The molecule has 1 unspecified atom stereocenters. The van der Waals surface area contributed by atoms with Crippen LogP contribution >= 0.6 is 24.0 Å². The molecule has 2 heterocycles. The van der Waals surface area contributed by atoms with E-state index < -0.39 is 0 Å². The molecule has 7 heteroatoms. The van der Waals surface area contributed by atoms with Crippen LogP contribution in [0.3, 0.4) is 0 Å². The van der Waals surface area contributed by atoms with E-state index in [0.717, 1.165) is 44.2 Å². The number of nitrogens with zero attached hydrogens (tertiary/aromatic N) is 4. The number of halogens is 1. The Bertz CT molecular complexity index is 682. The Morgan fingerprint density at radius 1 is 1.35 bits per heavy atom. The van der Waals surface area contributed by atoms with Gasteiger partial charge in [0.2, 0.25) is 0 Å². The first-order chi connectivity index (χ1) is 12.2. The van der Waals surface area contributed by atoms with Gasteiger partial charge in [-0.05, 0) is 12.0 Å². The van der Waals surface area contributed by atoms with Crippen LogP contribution in [0.5, 0.6) is 0 Å². The molecule has 2 aromatic rings. The molecule has 1 aromatic heterocycles. The first kappa shape index (κ1) is 20.7. The molecule has 0 amide bonds. The van der Waals surface area contributed by atoms with Crippen LogP contribution in [0.4, 0.5) is 0 Å². The normalized spacial score (nSPS) is 17.0. The summed E-state index contributed by atoms with van der Waals surface area (Å²) in [6.07, 6.45) is 5.12. The Morgan fingerprint density at radius 3 is 2.85 bits per heavy atom. The Morgan fingerprint density at radius 2 is 2.15 bits per heavy atom. The predicted molar refractivity (Wildman–Crippen MR) is 115 cm³/mol. The van der Waals surface area contributed by atoms with Crippen LogP contribution in [0, 0.1) is 5.92 Å². The molecule has 6 nitrogen and oxygen atoms in total. The number of guanidine groups is 1. The van der Waals surface area contributed by atoms with E-state index in [1.54, 1.807) is 0 Å². The average Bonchev–Trinajstić information content (AvgIpc) is 3.28. The standard InChI is InChI=1S/C19H27N5O.HI/c1-20-19(23(2)12-17-8-9-25-15-17)21-10-18-11-22-24(14-18)13-16-6-4-3-5-7-16;/h3-7,11,14,17H,8-10,12-13,15H2,1-2H3,(H,20,21);1H. The Hall–Kier alpha value is -1.61. The molecule has 0 bridgehead atoms. The molecule has 1 saturated heterocycles. The van der Waals surface area contributed by atoms with Crippen molar-refractivity contribution >= 4 is 29.9 Å². The number of aliphatic imine (C=N–C) groups is 1. The van der Waals surface area contributed by atoms with E-state index in [-0.39, 0.29) is 24.0 Å². The average molecular weight is 469 g/mol. The van der Waals surface area contributed by atoms with E-state index in [2.05, 4.69) is 57.8 Å². The fourth-order valence-corrected chi connectivity index (χ4v) is 3.12. The molecule has 1 N–H and O–H groups in total. The van der Waals surface area contributed by atoms with E-state index in [4.69, 9.17) is 4.74 Å². The van der Waals surface area contributed by atoms with Crippen molar-refractivity contribution in [3.05, 3.63) is 53.9 Å². The SMILES string of the molecule is CN=C(NCc1cnn(Cc2ccccc2)c1)N(C)CC1CCOC1.I. The van der Waals surface area contributed by atoms with Crippen LogP contribution in [0.15, 0.2) is 47.7 Å². The molecule has 1 fully saturated rings. The largest absolute Gasteiger partial charge is 0.381 e. The predicted octanol–water partition coefficient (Wildman–Crippen LogP) is 2.59. The molecule has 0 saturated carbocycles. The van der Waals surface area contributed by atoms with Gasteiger partial charge in [-0.2, -0.15) is 5.10 Å². The minimum Gasteiger partial charge on any atom is -0.381 e. The zero-order valence-electron chi connectivity index (χ0n) is 15.5. The van der Waals surface area contributed by atoms with Gasteiger partial charge in [-0.25, -0.2) is 0 Å². The molecular weight excluding hydrogens is 441 g/mol. The number of hydrogen-bond acceptors (Lipinski definition) is 3. The van der Waals surface area contributed by atoms with E-state index in [1.165, 1.54) is 5.56 Å². The molecule has 0 spiro atoms. The van der Waals surface area contributed by atoms with Gasteiger partial charge >= 0.3 is 0 Å². The minimum absolute atomic E-state index is 0. The Kier molecular flexibility index (Phi) is 8.37. The van der Waals surface area contributed by atoms with Crippen molar-refractivity contribution in [2.24, 2.45) is 10.9 Å². The van der Waals surface area contributed by atoms with Crippen LogP contribution in [-0.2, 0) is 17.8 Å². The van der Waals surface area contributed by atoms with Crippen LogP contribution in [-0.4, -0.2) is 54.5 Å². The van der Waals surface area contributed by atoms with Crippen molar-refractivity contribution in [2.75, 3.05) is 33.9 Å². The van der Waals surface area contributed by atoms with Gasteiger partial charge in [0.15, 0.2) is 5.96 Å². The maximum Gasteiger partial charge on any atom is 0.193 e. The summed E-state index contributed by atoms with van der Waals surface area (Å²) in [4.78, 5) is 6.56. The summed E-state index contributed by atoms with van der Waals surface area (Å²) in [7, 11) is 3.90. The summed E-state index contributed by atoms with van der Waals surface area (Å²) in [5.74, 6) is 1.50. The molecule has 3 rings (SSSR count). The lowest BCUT2D eigenvalue weighted by Crippen LogP contribution is -2.41. The van der Waals surface area contributed by atoms with Crippen molar-refractivity contribution in [1.82, 2.24) is 20.0 Å². The molecule has 0 radical (unpaired) electrons. The lowest BCUT2D eigenvalue weighted by atomic mass is 10.1. The summed E-state index contributed by atoms with van der Waals surface area (Å²) >= 11 is 0. The Labute approximate surface area is 172 Å². The van der Waals surface area contributed by atoms with Crippen LogP contribution in [0.1, 0.15) is 17.5 Å². The highest BCUT2D eigenvalue weighted by molar-refractivity contribution is 14.0. The smallest absolute Gasteiger partial charge is 0.193 e. The second-order valence-corrected chi connectivity index (χ2v) is 6.54. The molecule has 0 aliphatic carbocycles. The first-order valence-electron chi connectivity index (χ1n) is 8.79. The van der Waals surface area contributed by atoms with E-state index in [0.29, 0.717) is 12.5 Å². The summed E-state index contributed by atoms with van der Waals surface area (Å²) in [5.41, 5.74) is 2.40. The minimum atomic E-state index is 0. The van der Waals surface area contributed by atoms with Crippen LogP contribution in [0.2, 0.25) is 0 Å². The molecule has 1 aliphatic rings. The fourth-order valence-electron chi connectivity index (χ4n) is 3.12. The van der Waals surface area contributed by atoms with E-state index >= 15 is 0 Å². The molecule has 26 heavy (non-hydrogen) atoms. The zero-order chi connectivity index (χ0) is 17.5. The molecular formula is C19H28IN5O. The third kappa shape index (κ3) is 5.98. The highest BCUT2D eigenvalue weighted by Crippen LogP contribution is 2.13. The Balaban J connectivity index is 0.00000243. The summed E-state index contributed by atoms with van der Waals surface area (Å²) in [6, 6.07) is 10.4. The summed E-state index contributed by atoms with van der Waals surface area (Å²) in [5, 5.41) is 7.87. The van der Waals surface area contributed by atoms with Gasteiger partial charge < -0.3 is 15.0 Å². The van der Waals surface area contributed by atoms with Gasteiger partial charge in [-0.1, -0.05) is 30.3 Å². The van der Waals surface area contributed by atoms with Crippen LogP contribution in [0.25, 0.3) is 0 Å². The summed E-state index contributed by atoms with van der Waals surface area (Å²) < 4.78 is 7.42. The lowest BCUT2D eigenvalue weighted by Gasteiger charge is -2.24. The highest BCUT2D eigenvalue weighted by Gasteiger charge is 2.19. The lowest BCUT2D eigenvalue weighted by molar-refractivity contribution is 0.181. The third-order valence-corrected chi connectivity index (χ3v) is 4.45. The second kappa shape index (κ2) is 10.5. The monoisotopic (exact) mass is 469 g/mol. The number of benzene rings is 1. The van der Waals surface area contributed by atoms with Crippen LogP contribution < -0.4 is 5.32 Å².